The molecular formula is C21H25N5O2. The third-order valence-corrected chi connectivity index (χ3v) is 5.33. The van der Waals surface area contributed by atoms with Gasteiger partial charge in [-0.05, 0) is 31.9 Å². The maximum atomic E-state index is 13.2. The standard InChI is InChI=1S/C21H25N5O2/c1-15-11-19(24-28-15)23-21(27)20(16-7-4-3-5-8-16)26-10-6-9-17(13-26)18-12-22-14-25(18)2/h3-5,7-8,11-12,14,17,20H,6,9-10,13H2,1-2H3,(H,23,24,27). The van der Waals surface area contributed by atoms with Gasteiger partial charge < -0.3 is 14.4 Å². The fourth-order valence-corrected chi connectivity index (χ4v) is 4.03. The van der Waals surface area contributed by atoms with Crippen LogP contribution in [0.25, 0.3) is 0 Å². The van der Waals surface area contributed by atoms with Crippen molar-refractivity contribution in [3.63, 3.8) is 0 Å². The van der Waals surface area contributed by atoms with Crippen molar-refractivity contribution >= 4 is 11.7 Å². The number of amides is 1. The first-order valence-corrected chi connectivity index (χ1v) is 9.61. The van der Waals surface area contributed by atoms with Crippen molar-refractivity contribution in [2.75, 3.05) is 18.4 Å². The molecule has 0 radical (unpaired) electrons. The lowest BCUT2D eigenvalue weighted by Crippen LogP contribution is -2.43. The van der Waals surface area contributed by atoms with Gasteiger partial charge in [0.2, 0.25) is 5.91 Å². The normalized spacial score (nSPS) is 18.7. The minimum Gasteiger partial charge on any atom is -0.360 e. The van der Waals surface area contributed by atoms with E-state index in [1.165, 1.54) is 5.69 Å². The van der Waals surface area contributed by atoms with Crippen LogP contribution in [0.4, 0.5) is 5.82 Å². The summed E-state index contributed by atoms with van der Waals surface area (Å²) in [6.45, 7) is 3.49. The average Bonchev–Trinajstić information content (AvgIpc) is 3.31. The first kappa shape index (κ1) is 18.4. The summed E-state index contributed by atoms with van der Waals surface area (Å²) in [7, 11) is 2.02. The largest absolute Gasteiger partial charge is 0.360 e. The van der Waals surface area contributed by atoms with Crippen LogP contribution in [0.1, 0.15) is 41.8 Å². The lowest BCUT2D eigenvalue weighted by molar-refractivity contribution is -0.122. The first-order chi connectivity index (χ1) is 13.6. The highest BCUT2D eigenvalue weighted by Crippen LogP contribution is 2.32. The lowest BCUT2D eigenvalue weighted by Gasteiger charge is -2.37. The van der Waals surface area contributed by atoms with Gasteiger partial charge in [-0.15, -0.1) is 0 Å². The van der Waals surface area contributed by atoms with Gasteiger partial charge in [-0.25, -0.2) is 4.98 Å². The fraction of sp³-hybridized carbons (Fsp3) is 0.381. The number of nitrogens with one attached hydrogen (secondary N) is 1. The van der Waals surface area contributed by atoms with Gasteiger partial charge in [0.25, 0.3) is 0 Å². The molecule has 1 N–H and O–H groups in total. The van der Waals surface area contributed by atoms with Crippen LogP contribution in [0.5, 0.6) is 0 Å². The van der Waals surface area contributed by atoms with Gasteiger partial charge >= 0.3 is 0 Å². The topological polar surface area (TPSA) is 76.2 Å². The van der Waals surface area contributed by atoms with Gasteiger partial charge in [0.1, 0.15) is 11.8 Å². The van der Waals surface area contributed by atoms with E-state index < -0.39 is 0 Å². The van der Waals surface area contributed by atoms with Gasteiger partial charge in [0.15, 0.2) is 5.82 Å². The molecule has 7 nitrogen and oxygen atoms in total. The Labute approximate surface area is 164 Å². The maximum absolute atomic E-state index is 13.2. The van der Waals surface area contributed by atoms with Crippen molar-refractivity contribution in [2.24, 2.45) is 7.05 Å². The van der Waals surface area contributed by atoms with Crippen LogP contribution < -0.4 is 5.32 Å². The number of nitrogens with zero attached hydrogens (tertiary/aromatic N) is 4. The Morgan fingerprint density at radius 3 is 2.82 bits per heavy atom. The number of imidazole rings is 1. The zero-order valence-electron chi connectivity index (χ0n) is 16.2. The van der Waals surface area contributed by atoms with Crippen LogP contribution in [0, 0.1) is 6.92 Å². The first-order valence-electron chi connectivity index (χ1n) is 9.61. The Balaban J connectivity index is 1.59. The summed E-state index contributed by atoms with van der Waals surface area (Å²) in [5.74, 6) is 1.38. The molecule has 0 saturated carbocycles. The van der Waals surface area contributed by atoms with E-state index in [0.29, 0.717) is 17.5 Å². The number of benzene rings is 1. The second-order valence-corrected chi connectivity index (χ2v) is 7.39. The number of aromatic nitrogens is 3. The van der Waals surface area contributed by atoms with E-state index in [1.54, 1.807) is 13.0 Å². The molecule has 1 fully saturated rings. The SMILES string of the molecule is Cc1cc(NC(=O)C(c2ccccc2)N2CCCC(c3cncn3C)C2)no1. The molecule has 0 bridgehead atoms. The molecule has 2 aromatic heterocycles. The highest BCUT2D eigenvalue weighted by molar-refractivity contribution is 5.94. The highest BCUT2D eigenvalue weighted by Gasteiger charge is 2.33. The predicted octanol–water partition coefficient (Wildman–Crippen LogP) is 3.28. The quantitative estimate of drug-likeness (QED) is 0.736. The van der Waals surface area contributed by atoms with Crippen molar-refractivity contribution in [1.29, 1.82) is 0 Å². The molecule has 2 unspecified atom stereocenters. The number of hydrogen-bond donors (Lipinski definition) is 1. The molecule has 1 saturated heterocycles. The molecule has 1 aliphatic rings. The molecule has 1 aliphatic heterocycles. The van der Waals surface area contributed by atoms with Crippen molar-refractivity contribution in [2.45, 2.75) is 31.7 Å². The Kier molecular flexibility index (Phi) is 5.25. The smallest absolute Gasteiger partial charge is 0.247 e. The number of aryl methyl sites for hydroxylation is 2. The molecule has 2 atom stereocenters. The molecule has 28 heavy (non-hydrogen) atoms. The number of carbonyl (C=O) groups excluding carboxylic acids is 1. The van der Waals surface area contributed by atoms with Crippen LogP contribution >= 0.6 is 0 Å². The summed E-state index contributed by atoms with van der Waals surface area (Å²) < 4.78 is 7.16. The lowest BCUT2D eigenvalue weighted by atomic mass is 9.92. The molecule has 1 aromatic carbocycles. The Bertz CT molecular complexity index is 933. The van der Waals surface area contributed by atoms with Crippen molar-refractivity contribution < 1.29 is 9.32 Å². The zero-order valence-corrected chi connectivity index (χ0v) is 16.2. The highest BCUT2D eigenvalue weighted by atomic mass is 16.5. The summed E-state index contributed by atoms with van der Waals surface area (Å²) in [5, 5.41) is 6.82. The molecule has 3 aromatic rings. The van der Waals surface area contributed by atoms with Crippen LogP contribution in [0.15, 0.2) is 53.4 Å². The van der Waals surface area contributed by atoms with E-state index in [0.717, 1.165) is 31.5 Å². The molecule has 3 heterocycles. The number of likely N-dealkylation sites (tertiary alicyclic amines) is 1. The summed E-state index contributed by atoms with van der Waals surface area (Å²) in [5.41, 5.74) is 2.19. The van der Waals surface area contributed by atoms with Crippen molar-refractivity contribution in [3.05, 3.63) is 65.9 Å². The average molecular weight is 379 g/mol. The van der Waals surface area contributed by atoms with Crippen molar-refractivity contribution in [3.8, 4) is 0 Å². The van der Waals surface area contributed by atoms with Gasteiger partial charge in [-0.3, -0.25) is 9.69 Å². The molecule has 7 heteroatoms. The maximum Gasteiger partial charge on any atom is 0.247 e. The third-order valence-electron chi connectivity index (χ3n) is 5.33. The van der Waals surface area contributed by atoms with Gasteiger partial charge in [0, 0.05) is 37.5 Å². The molecule has 4 rings (SSSR count). The number of hydrogen-bond acceptors (Lipinski definition) is 5. The summed E-state index contributed by atoms with van der Waals surface area (Å²) in [4.78, 5) is 19.8. The summed E-state index contributed by atoms with van der Waals surface area (Å²) >= 11 is 0. The van der Waals surface area contributed by atoms with Crippen molar-refractivity contribution in [1.82, 2.24) is 19.6 Å². The van der Waals surface area contributed by atoms with Crippen LogP contribution in [0.3, 0.4) is 0 Å². The number of rotatable bonds is 5. The van der Waals surface area contributed by atoms with Crippen LogP contribution in [-0.2, 0) is 11.8 Å². The number of carbonyl (C=O) groups is 1. The Hall–Kier alpha value is -2.93. The summed E-state index contributed by atoms with van der Waals surface area (Å²) in [6.07, 6.45) is 5.91. The fourth-order valence-electron chi connectivity index (χ4n) is 4.03. The minimum atomic E-state index is -0.380. The van der Waals surface area contributed by atoms with E-state index in [2.05, 4.69) is 24.9 Å². The van der Waals surface area contributed by atoms with E-state index in [-0.39, 0.29) is 11.9 Å². The van der Waals surface area contributed by atoms with E-state index in [1.807, 2.05) is 49.9 Å². The Morgan fingerprint density at radius 1 is 1.32 bits per heavy atom. The zero-order chi connectivity index (χ0) is 19.5. The molecule has 0 spiro atoms. The van der Waals surface area contributed by atoms with E-state index in [9.17, 15) is 4.79 Å². The van der Waals surface area contributed by atoms with Crippen LogP contribution in [-0.4, -0.2) is 38.6 Å². The minimum absolute atomic E-state index is 0.0924. The van der Waals surface area contributed by atoms with Gasteiger partial charge in [-0.2, -0.15) is 0 Å². The number of piperidine rings is 1. The monoisotopic (exact) mass is 379 g/mol. The third kappa shape index (κ3) is 3.84. The Morgan fingerprint density at radius 2 is 2.14 bits per heavy atom. The predicted molar refractivity (Wildman–Crippen MR) is 106 cm³/mol. The molecule has 1 amide bonds. The summed E-state index contributed by atoms with van der Waals surface area (Å²) in [6, 6.07) is 11.3. The second kappa shape index (κ2) is 7.98. The second-order valence-electron chi connectivity index (χ2n) is 7.39. The van der Waals surface area contributed by atoms with Gasteiger partial charge in [0.05, 0.1) is 6.33 Å². The van der Waals surface area contributed by atoms with Gasteiger partial charge in [-0.1, -0.05) is 35.5 Å². The van der Waals surface area contributed by atoms with Crippen LogP contribution in [0.2, 0.25) is 0 Å². The van der Waals surface area contributed by atoms with E-state index in [4.69, 9.17) is 4.52 Å². The number of anilines is 1. The molecular weight excluding hydrogens is 354 g/mol. The molecule has 146 valence electrons. The molecule has 0 aliphatic carbocycles. The van der Waals surface area contributed by atoms with E-state index >= 15 is 0 Å².